The lowest BCUT2D eigenvalue weighted by Gasteiger charge is -2.25. The predicted molar refractivity (Wildman–Crippen MR) is 80.1 cm³/mol. The molecule has 1 aromatic carbocycles. The van der Waals surface area contributed by atoms with Crippen molar-refractivity contribution in [3.8, 4) is 0 Å². The van der Waals surface area contributed by atoms with E-state index in [0.29, 0.717) is 17.1 Å². The van der Waals surface area contributed by atoms with Gasteiger partial charge < -0.3 is 10.0 Å². The summed E-state index contributed by atoms with van der Waals surface area (Å²) in [6, 6.07) is 6.87. The van der Waals surface area contributed by atoms with E-state index < -0.39 is 11.9 Å². The molecule has 0 bridgehead atoms. The minimum absolute atomic E-state index is 0.0535. The van der Waals surface area contributed by atoms with Crippen LogP contribution in [0.3, 0.4) is 0 Å². The molecule has 0 fully saturated rings. The van der Waals surface area contributed by atoms with Gasteiger partial charge in [-0.25, -0.2) is 0 Å². The molecule has 0 aromatic heterocycles. The first-order valence-corrected chi connectivity index (χ1v) is 7.12. The van der Waals surface area contributed by atoms with E-state index in [4.69, 9.17) is 16.7 Å². The third-order valence-corrected chi connectivity index (χ3v) is 3.31. The van der Waals surface area contributed by atoms with Gasteiger partial charge in [-0.05, 0) is 30.7 Å². The van der Waals surface area contributed by atoms with E-state index >= 15 is 0 Å². The number of hydrogen-bond acceptors (Lipinski definition) is 2. The number of carbonyl (C=O) groups excluding carboxylic acids is 1. The third kappa shape index (κ3) is 4.85. The Hall–Kier alpha value is -1.55. The molecule has 1 amide bonds. The summed E-state index contributed by atoms with van der Waals surface area (Å²) in [6.07, 6.45) is 2.14. The maximum Gasteiger partial charge on any atom is 0.308 e. The smallest absolute Gasteiger partial charge is 0.308 e. The van der Waals surface area contributed by atoms with Gasteiger partial charge in [0.2, 0.25) is 5.91 Å². The number of hydrogen-bond donors (Lipinski definition) is 1. The van der Waals surface area contributed by atoms with E-state index in [-0.39, 0.29) is 12.5 Å². The van der Waals surface area contributed by atoms with Gasteiger partial charge in [0.25, 0.3) is 0 Å². The van der Waals surface area contributed by atoms with Crippen LogP contribution in [0.2, 0.25) is 5.02 Å². The molecule has 1 N–H and O–H groups in total. The van der Waals surface area contributed by atoms with Gasteiger partial charge in [-0.15, -0.1) is 0 Å². The molecule has 0 aliphatic heterocycles. The summed E-state index contributed by atoms with van der Waals surface area (Å²) in [7, 11) is 0. The molecule has 1 aromatic rings. The predicted octanol–water partition coefficient (Wildman–Crippen LogP) is 3.58. The second-order valence-electron chi connectivity index (χ2n) is 4.82. The lowest BCUT2D eigenvalue weighted by Crippen LogP contribution is -2.36. The number of carboxylic acid groups (broad SMARTS) is 1. The molecule has 4 nitrogen and oxygen atoms in total. The Morgan fingerprint density at radius 1 is 1.30 bits per heavy atom. The highest BCUT2D eigenvalue weighted by molar-refractivity contribution is 6.30. The molecule has 110 valence electrons. The summed E-state index contributed by atoms with van der Waals surface area (Å²) in [6.45, 7) is 3.78. The van der Waals surface area contributed by atoms with Gasteiger partial charge in [0.05, 0.1) is 5.92 Å². The van der Waals surface area contributed by atoms with Crippen molar-refractivity contribution in [3.63, 3.8) is 0 Å². The summed E-state index contributed by atoms with van der Waals surface area (Å²) in [5.74, 6) is -1.58. The lowest BCUT2D eigenvalue weighted by atomic mass is 10.1. The van der Waals surface area contributed by atoms with Gasteiger partial charge in [-0.3, -0.25) is 9.59 Å². The molecule has 0 saturated carbocycles. The monoisotopic (exact) mass is 297 g/mol. The van der Waals surface area contributed by atoms with Gasteiger partial charge in [-0.2, -0.15) is 0 Å². The van der Waals surface area contributed by atoms with E-state index in [1.807, 2.05) is 6.92 Å². The molecular weight excluding hydrogens is 278 g/mol. The number of rotatable bonds is 7. The van der Waals surface area contributed by atoms with Gasteiger partial charge >= 0.3 is 5.97 Å². The van der Waals surface area contributed by atoms with Crippen LogP contribution in [0, 0.1) is 5.92 Å². The Labute approximate surface area is 124 Å². The average Bonchev–Trinajstić information content (AvgIpc) is 2.42. The molecule has 0 spiro atoms. The van der Waals surface area contributed by atoms with E-state index in [2.05, 4.69) is 0 Å². The Kier molecular flexibility index (Phi) is 6.52. The maximum absolute atomic E-state index is 12.2. The standard InChI is InChI=1S/C15H20ClNO3/c1-3-4-5-14(18)17(10-11(2)15(19)20)13-8-6-12(16)7-9-13/h6-9,11H,3-5,10H2,1-2H3,(H,19,20). The van der Waals surface area contributed by atoms with E-state index in [1.54, 1.807) is 31.2 Å². The van der Waals surface area contributed by atoms with Crippen molar-refractivity contribution in [2.24, 2.45) is 5.92 Å². The highest BCUT2D eigenvalue weighted by Crippen LogP contribution is 2.20. The zero-order valence-electron chi connectivity index (χ0n) is 11.8. The number of halogens is 1. The fourth-order valence-corrected chi connectivity index (χ4v) is 1.91. The number of amides is 1. The Morgan fingerprint density at radius 2 is 1.90 bits per heavy atom. The molecule has 0 heterocycles. The van der Waals surface area contributed by atoms with E-state index in [0.717, 1.165) is 12.8 Å². The van der Waals surface area contributed by atoms with Crippen LogP contribution in [0.4, 0.5) is 5.69 Å². The first-order chi connectivity index (χ1) is 9.45. The molecule has 1 atom stereocenters. The largest absolute Gasteiger partial charge is 0.481 e. The lowest BCUT2D eigenvalue weighted by molar-refractivity contribution is -0.140. The highest BCUT2D eigenvalue weighted by Gasteiger charge is 2.21. The highest BCUT2D eigenvalue weighted by atomic mass is 35.5. The number of carbonyl (C=O) groups is 2. The summed E-state index contributed by atoms with van der Waals surface area (Å²) >= 11 is 5.84. The molecule has 1 rings (SSSR count). The quantitative estimate of drug-likeness (QED) is 0.837. The molecule has 0 aliphatic carbocycles. The fraction of sp³-hybridized carbons (Fsp3) is 0.467. The SMILES string of the molecule is CCCCC(=O)N(CC(C)C(=O)O)c1ccc(Cl)cc1. The van der Waals surface area contributed by atoms with Crippen molar-refractivity contribution in [3.05, 3.63) is 29.3 Å². The number of unbranched alkanes of at least 4 members (excludes halogenated alkanes) is 1. The van der Waals surface area contributed by atoms with Crippen LogP contribution < -0.4 is 4.90 Å². The molecule has 5 heteroatoms. The van der Waals surface area contributed by atoms with Gasteiger partial charge in [0.1, 0.15) is 0 Å². The molecule has 0 saturated heterocycles. The number of nitrogens with zero attached hydrogens (tertiary/aromatic N) is 1. The normalized spacial score (nSPS) is 11.9. The molecule has 1 unspecified atom stereocenters. The molecule has 20 heavy (non-hydrogen) atoms. The maximum atomic E-state index is 12.2. The van der Waals surface area contributed by atoms with Crippen molar-refractivity contribution in [2.75, 3.05) is 11.4 Å². The van der Waals surface area contributed by atoms with Crippen LogP contribution in [-0.4, -0.2) is 23.5 Å². The molecular formula is C15H20ClNO3. The Balaban J connectivity index is 2.91. The van der Waals surface area contributed by atoms with Crippen LogP contribution in [0.1, 0.15) is 33.1 Å². The first-order valence-electron chi connectivity index (χ1n) is 6.74. The van der Waals surface area contributed by atoms with Crippen LogP contribution >= 0.6 is 11.6 Å². The van der Waals surface area contributed by atoms with Crippen molar-refractivity contribution >= 4 is 29.2 Å². The van der Waals surface area contributed by atoms with Gasteiger partial charge in [-0.1, -0.05) is 31.9 Å². The fourth-order valence-electron chi connectivity index (χ4n) is 1.79. The zero-order valence-corrected chi connectivity index (χ0v) is 12.6. The second-order valence-corrected chi connectivity index (χ2v) is 5.26. The van der Waals surface area contributed by atoms with E-state index in [1.165, 1.54) is 4.90 Å². The molecule has 0 radical (unpaired) electrons. The number of benzene rings is 1. The topological polar surface area (TPSA) is 57.6 Å². The summed E-state index contributed by atoms with van der Waals surface area (Å²) in [5, 5.41) is 9.60. The minimum atomic E-state index is -0.910. The molecule has 0 aliphatic rings. The Bertz CT molecular complexity index is 459. The second kappa shape index (κ2) is 7.90. The first kappa shape index (κ1) is 16.5. The van der Waals surface area contributed by atoms with Gasteiger partial charge in [0, 0.05) is 23.7 Å². The van der Waals surface area contributed by atoms with Crippen LogP contribution in [-0.2, 0) is 9.59 Å². The number of anilines is 1. The van der Waals surface area contributed by atoms with E-state index in [9.17, 15) is 9.59 Å². The van der Waals surface area contributed by atoms with Crippen LogP contribution in [0.25, 0.3) is 0 Å². The van der Waals surface area contributed by atoms with Crippen molar-refractivity contribution < 1.29 is 14.7 Å². The van der Waals surface area contributed by atoms with Gasteiger partial charge in [0.15, 0.2) is 0 Å². The summed E-state index contributed by atoms with van der Waals surface area (Å²) in [5.41, 5.74) is 0.684. The third-order valence-electron chi connectivity index (χ3n) is 3.06. The van der Waals surface area contributed by atoms with Crippen LogP contribution in [0.15, 0.2) is 24.3 Å². The summed E-state index contributed by atoms with van der Waals surface area (Å²) in [4.78, 5) is 24.8. The van der Waals surface area contributed by atoms with Crippen LogP contribution in [0.5, 0.6) is 0 Å². The number of aliphatic carboxylic acids is 1. The van der Waals surface area contributed by atoms with Crippen molar-refractivity contribution in [2.45, 2.75) is 33.1 Å². The zero-order chi connectivity index (χ0) is 15.1. The minimum Gasteiger partial charge on any atom is -0.481 e. The summed E-state index contributed by atoms with van der Waals surface area (Å²) < 4.78 is 0. The van der Waals surface area contributed by atoms with Crippen molar-refractivity contribution in [1.29, 1.82) is 0 Å². The van der Waals surface area contributed by atoms with Crippen molar-refractivity contribution in [1.82, 2.24) is 0 Å². The average molecular weight is 298 g/mol. The Morgan fingerprint density at radius 3 is 2.40 bits per heavy atom. The number of carboxylic acids is 1.